The SMILES string of the molecule is CCOC(=O)c1c(C)oc2ccc(C3C(c4ccccn4)C3(C)C)cc12. The van der Waals surface area contributed by atoms with Crippen molar-refractivity contribution in [2.75, 3.05) is 6.61 Å². The third-order valence-corrected chi connectivity index (χ3v) is 5.56. The van der Waals surface area contributed by atoms with Crippen LogP contribution >= 0.6 is 0 Å². The Balaban J connectivity index is 1.76. The largest absolute Gasteiger partial charge is 0.462 e. The zero-order valence-corrected chi connectivity index (χ0v) is 15.6. The van der Waals surface area contributed by atoms with Crippen LogP contribution in [0.4, 0.5) is 0 Å². The van der Waals surface area contributed by atoms with Crippen LogP contribution in [0.1, 0.15) is 60.0 Å². The molecule has 4 rings (SSSR count). The van der Waals surface area contributed by atoms with Crippen molar-refractivity contribution in [1.82, 2.24) is 4.98 Å². The van der Waals surface area contributed by atoms with Crippen LogP contribution < -0.4 is 0 Å². The molecule has 2 heterocycles. The summed E-state index contributed by atoms with van der Waals surface area (Å²) in [5, 5.41) is 0.834. The number of nitrogens with zero attached hydrogens (tertiary/aromatic N) is 1. The van der Waals surface area contributed by atoms with Crippen LogP contribution in [0.3, 0.4) is 0 Å². The molecule has 1 aromatic carbocycles. The van der Waals surface area contributed by atoms with Crippen LogP contribution in [-0.2, 0) is 4.74 Å². The summed E-state index contributed by atoms with van der Waals surface area (Å²) in [7, 11) is 0. The third-order valence-electron chi connectivity index (χ3n) is 5.56. The molecule has 1 aliphatic carbocycles. The number of hydrogen-bond donors (Lipinski definition) is 0. The molecule has 4 nitrogen and oxygen atoms in total. The van der Waals surface area contributed by atoms with Crippen molar-refractivity contribution in [3.63, 3.8) is 0 Å². The molecule has 0 N–H and O–H groups in total. The highest BCUT2D eigenvalue weighted by Crippen LogP contribution is 2.69. The number of hydrogen-bond acceptors (Lipinski definition) is 4. The number of benzene rings is 1. The first-order chi connectivity index (χ1) is 12.4. The normalized spacial score (nSPS) is 20.9. The topological polar surface area (TPSA) is 52.3 Å². The molecule has 0 spiro atoms. The molecule has 0 radical (unpaired) electrons. The number of pyridine rings is 1. The first-order valence-corrected chi connectivity index (χ1v) is 9.06. The number of esters is 1. The van der Waals surface area contributed by atoms with Crippen molar-refractivity contribution < 1.29 is 13.9 Å². The molecule has 0 aliphatic heterocycles. The van der Waals surface area contributed by atoms with E-state index in [1.807, 2.05) is 38.2 Å². The average Bonchev–Trinajstić information content (AvgIpc) is 3.03. The molecule has 4 heteroatoms. The summed E-state index contributed by atoms with van der Waals surface area (Å²) >= 11 is 0. The Morgan fingerprint density at radius 3 is 2.73 bits per heavy atom. The van der Waals surface area contributed by atoms with Gasteiger partial charge in [-0.1, -0.05) is 26.0 Å². The predicted molar refractivity (Wildman–Crippen MR) is 100 cm³/mol. The van der Waals surface area contributed by atoms with Gasteiger partial charge in [0, 0.05) is 23.2 Å². The number of carbonyl (C=O) groups excluding carboxylic acids is 1. The molecule has 134 valence electrons. The lowest BCUT2D eigenvalue weighted by atomic mass is 10.0. The lowest BCUT2D eigenvalue weighted by molar-refractivity contribution is 0.0526. The van der Waals surface area contributed by atoms with Gasteiger partial charge in [-0.25, -0.2) is 4.79 Å². The van der Waals surface area contributed by atoms with E-state index in [1.165, 1.54) is 5.56 Å². The highest BCUT2D eigenvalue weighted by atomic mass is 16.5. The van der Waals surface area contributed by atoms with Crippen LogP contribution in [0.25, 0.3) is 11.0 Å². The van der Waals surface area contributed by atoms with Crippen LogP contribution in [0.2, 0.25) is 0 Å². The molecule has 2 unspecified atom stereocenters. The number of ether oxygens (including phenoxy) is 1. The van der Waals surface area contributed by atoms with Gasteiger partial charge in [-0.15, -0.1) is 0 Å². The first kappa shape index (κ1) is 16.8. The summed E-state index contributed by atoms with van der Waals surface area (Å²) in [6, 6.07) is 12.2. The Bertz CT molecular complexity index is 972. The number of carbonyl (C=O) groups is 1. The molecule has 26 heavy (non-hydrogen) atoms. The number of furan rings is 1. The number of fused-ring (bicyclic) bond motifs is 1. The molecule has 0 bridgehead atoms. The maximum atomic E-state index is 12.4. The van der Waals surface area contributed by atoms with Crippen molar-refractivity contribution in [3.05, 3.63) is 65.2 Å². The van der Waals surface area contributed by atoms with E-state index >= 15 is 0 Å². The summed E-state index contributed by atoms with van der Waals surface area (Å²) in [5.41, 5.74) is 3.73. The van der Waals surface area contributed by atoms with Crippen LogP contribution in [-0.4, -0.2) is 17.6 Å². The lowest BCUT2D eigenvalue weighted by Crippen LogP contribution is -2.05. The van der Waals surface area contributed by atoms with Crippen molar-refractivity contribution in [1.29, 1.82) is 0 Å². The van der Waals surface area contributed by atoms with E-state index in [2.05, 4.69) is 37.0 Å². The zero-order chi connectivity index (χ0) is 18.5. The van der Waals surface area contributed by atoms with Crippen molar-refractivity contribution >= 4 is 16.9 Å². The molecular formula is C22H23NO3. The number of aryl methyl sites for hydroxylation is 1. The van der Waals surface area contributed by atoms with E-state index in [0.29, 0.717) is 29.8 Å². The fourth-order valence-corrected chi connectivity index (χ4v) is 4.26. The minimum atomic E-state index is -0.322. The Labute approximate surface area is 153 Å². The molecule has 2 aromatic heterocycles. The van der Waals surface area contributed by atoms with Gasteiger partial charge in [-0.2, -0.15) is 0 Å². The molecule has 0 saturated heterocycles. The monoisotopic (exact) mass is 349 g/mol. The number of rotatable bonds is 4. The Hall–Kier alpha value is -2.62. The van der Waals surface area contributed by atoms with Gasteiger partial charge < -0.3 is 9.15 Å². The molecule has 3 aromatic rings. The van der Waals surface area contributed by atoms with Crippen LogP contribution in [0.15, 0.2) is 47.0 Å². The minimum Gasteiger partial charge on any atom is -0.462 e. The Morgan fingerprint density at radius 1 is 1.23 bits per heavy atom. The predicted octanol–water partition coefficient (Wildman–Crippen LogP) is 5.22. The fraction of sp³-hybridized carbons (Fsp3) is 0.364. The summed E-state index contributed by atoms with van der Waals surface area (Å²) in [4.78, 5) is 16.9. The van der Waals surface area contributed by atoms with Crippen molar-refractivity contribution in [2.45, 2.75) is 39.5 Å². The lowest BCUT2D eigenvalue weighted by Gasteiger charge is -2.04. The maximum absolute atomic E-state index is 12.4. The third kappa shape index (κ3) is 2.52. The quantitative estimate of drug-likeness (QED) is 0.606. The summed E-state index contributed by atoms with van der Waals surface area (Å²) in [5.74, 6) is 1.02. The smallest absolute Gasteiger partial charge is 0.342 e. The molecule has 0 amide bonds. The van der Waals surface area contributed by atoms with Gasteiger partial charge in [-0.3, -0.25) is 4.98 Å². The first-order valence-electron chi connectivity index (χ1n) is 9.06. The zero-order valence-electron chi connectivity index (χ0n) is 15.6. The second-order valence-electron chi connectivity index (χ2n) is 7.54. The van der Waals surface area contributed by atoms with Crippen LogP contribution in [0.5, 0.6) is 0 Å². The second kappa shape index (κ2) is 5.97. The van der Waals surface area contributed by atoms with E-state index in [0.717, 1.165) is 16.7 Å². The highest BCUT2D eigenvalue weighted by Gasteiger charge is 2.59. The Kier molecular flexibility index (Phi) is 3.87. The van der Waals surface area contributed by atoms with Crippen LogP contribution in [0, 0.1) is 12.3 Å². The van der Waals surface area contributed by atoms with Gasteiger partial charge in [0.1, 0.15) is 16.9 Å². The fourth-order valence-electron chi connectivity index (χ4n) is 4.26. The van der Waals surface area contributed by atoms with Gasteiger partial charge in [-0.05, 0) is 55.0 Å². The summed E-state index contributed by atoms with van der Waals surface area (Å²) < 4.78 is 11.0. The van der Waals surface area contributed by atoms with Gasteiger partial charge in [0.15, 0.2) is 0 Å². The van der Waals surface area contributed by atoms with Gasteiger partial charge >= 0.3 is 5.97 Å². The van der Waals surface area contributed by atoms with E-state index in [-0.39, 0.29) is 11.4 Å². The van der Waals surface area contributed by atoms with Gasteiger partial charge in [0.05, 0.1) is 6.61 Å². The average molecular weight is 349 g/mol. The summed E-state index contributed by atoms with van der Waals surface area (Å²) in [6.45, 7) is 8.51. The van der Waals surface area contributed by atoms with Crippen molar-refractivity contribution in [2.24, 2.45) is 5.41 Å². The van der Waals surface area contributed by atoms with Crippen molar-refractivity contribution in [3.8, 4) is 0 Å². The molecule has 2 atom stereocenters. The van der Waals surface area contributed by atoms with E-state index in [4.69, 9.17) is 9.15 Å². The number of aromatic nitrogens is 1. The van der Waals surface area contributed by atoms with E-state index < -0.39 is 0 Å². The standard InChI is InChI=1S/C22H23NO3/c1-5-25-21(24)18-13(2)26-17-10-9-14(12-15(17)18)19-20(22(19,3)4)16-8-6-7-11-23-16/h6-12,19-20H,5H2,1-4H3. The second-order valence-corrected chi connectivity index (χ2v) is 7.54. The summed E-state index contributed by atoms with van der Waals surface area (Å²) in [6.07, 6.45) is 1.85. The molecule has 1 aliphatic rings. The van der Waals surface area contributed by atoms with Gasteiger partial charge in [0.2, 0.25) is 0 Å². The highest BCUT2D eigenvalue weighted by molar-refractivity contribution is 6.04. The molecular weight excluding hydrogens is 326 g/mol. The molecule has 1 fully saturated rings. The Morgan fingerprint density at radius 2 is 2.04 bits per heavy atom. The molecule has 1 saturated carbocycles. The van der Waals surface area contributed by atoms with E-state index in [9.17, 15) is 4.79 Å². The minimum absolute atomic E-state index is 0.130. The maximum Gasteiger partial charge on any atom is 0.342 e. The van der Waals surface area contributed by atoms with Gasteiger partial charge in [0.25, 0.3) is 0 Å². The van der Waals surface area contributed by atoms with E-state index in [1.54, 1.807) is 0 Å².